The van der Waals surface area contributed by atoms with Crippen LogP contribution >= 0.6 is 0 Å². The molecule has 0 bridgehead atoms. The van der Waals surface area contributed by atoms with Crippen LogP contribution in [0.4, 0.5) is 21.0 Å². The predicted molar refractivity (Wildman–Crippen MR) is 116 cm³/mol. The Morgan fingerprint density at radius 3 is 2.48 bits per heavy atom. The van der Waals surface area contributed by atoms with Gasteiger partial charge in [0.15, 0.2) is 5.78 Å². The quantitative estimate of drug-likeness (QED) is 0.282. The number of nitrogens with one attached hydrogen (secondary N) is 1. The second-order valence-corrected chi connectivity index (χ2v) is 7.51. The van der Waals surface area contributed by atoms with Crippen LogP contribution in [0.5, 0.6) is 0 Å². The van der Waals surface area contributed by atoms with Crippen molar-refractivity contribution < 1.29 is 28.8 Å². The molecule has 0 saturated carbocycles. The molecule has 31 heavy (non-hydrogen) atoms. The lowest BCUT2D eigenvalue weighted by atomic mass is 10.1. The van der Waals surface area contributed by atoms with Crippen LogP contribution in [-0.2, 0) is 14.3 Å². The zero-order chi connectivity index (χ0) is 23.8. The van der Waals surface area contributed by atoms with Gasteiger partial charge in [0.05, 0.1) is 23.3 Å². The molecule has 0 aliphatic heterocycles. The molecule has 0 unspecified atom stereocenters. The maximum absolute atomic E-state index is 12.7. The van der Waals surface area contributed by atoms with E-state index in [2.05, 4.69) is 16.6 Å². The van der Waals surface area contributed by atoms with Crippen LogP contribution in [0.15, 0.2) is 36.9 Å². The average molecular weight is 433 g/mol. The fourth-order valence-corrected chi connectivity index (χ4v) is 2.46. The number of nitro groups is 1. The first-order chi connectivity index (χ1) is 14.4. The van der Waals surface area contributed by atoms with Gasteiger partial charge in [0.25, 0.3) is 5.69 Å². The van der Waals surface area contributed by atoms with Crippen molar-refractivity contribution >= 4 is 35.4 Å². The highest BCUT2D eigenvalue weighted by atomic mass is 16.6. The van der Waals surface area contributed by atoms with E-state index in [0.717, 1.165) is 17.0 Å². The van der Waals surface area contributed by atoms with E-state index in [9.17, 15) is 24.5 Å². The molecule has 0 aliphatic carbocycles. The van der Waals surface area contributed by atoms with Gasteiger partial charge in [-0.3, -0.25) is 20.2 Å². The Morgan fingerprint density at radius 2 is 1.97 bits per heavy atom. The Balaban J connectivity index is 3.12. The minimum absolute atomic E-state index is 0.144. The number of carbonyl (C=O) groups is 3. The molecule has 0 spiro atoms. The van der Waals surface area contributed by atoms with Crippen LogP contribution in [0.25, 0.3) is 6.08 Å². The number of hydrogen-bond acceptors (Lipinski definition) is 7. The molecule has 1 rings (SSSR count). The van der Waals surface area contributed by atoms with Gasteiger partial charge in [0.1, 0.15) is 11.6 Å². The number of likely N-dealkylation sites (N-methyl/N-ethyl adjacent to an activating group) is 1. The molecular formula is C21H27N3O7. The van der Waals surface area contributed by atoms with Crippen LogP contribution in [0.3, 0.4) is 0 Å². The number of ether oxygens (including phenoxy) is 2. The topological polar surface area (TPSA) is 128 Å². The van der Waals surface area contributed by atoms with Crippen molar-refractivity contribution in [2.24, 2.45) is 0 Å². The van der Waals surface area contributed by atoms with Gasteiger partial charge in [-0.1, -0.05) is 6.08 Å². The fourth-order valence-electron chi connectivity index (χ4n) is 2.46. The Bertz CT molecular complexity index is 887. The molecule has 10 nitrogen and oxygen atoms in total. The summed E-state index contributed by atoms with van der Waals surface area (Å²) >= 11 is 0. The van der Waals surface area contributed by atoms with Gasteiger partial charge < -0.3 is 14.4 Å². The number of carbonyl (C=O) groups excluding carboxylic acids is 3. The predicted octanol–water partition coefficient (Wildman–Crippen LogP) is 4.17. The highest BCUT2D eigenvalue weighted by Gasteiger charge is 2.28. The number of anilines is 1. The van der Waals surface area contributed by atoms with Gasteiger partial charge in [-0.25, -0.2) is 9.59 Å². The SMILES string of the molecule is C=CC[C@@H](C(=O)/C=C/c1ccc(NC(=O)OC)cc1[N+](=O)[O-])N(C)C(=O)OC(C)(C)C. The third kappa shape index (κ3) is 7.92. The first-order valence-electron chi connectivity index (χ1n) is 9.31. The van der Waals surface area contributed by atoms with Gasteiger partial charge in [0, 0.05) is 13.1 Å². The molecule has 2 amide bonds. The smallest absolute Gasteiger partial charge is 0.411 e. The molecule has 0 radical (unpaired) electrons. The standard InChI is InChI=1S/C21H27N3O7/c1-7-8-16(23(5)20(27)31-21(2,3)4)18(25)12-10-14-9-11-15(22-19(26)30-6)13-17(14)24(28)29/h7,9-13,16H,1,8H2,2-6H3,(H,22,26)/b12-10+/t16-/m0/s1. The molecule has 168 valence electrons. The van der Waals surface area contributed by atoms with Gasteiger partial charge in [-0.2, -0.15) is 0 Å². The van der Waals surface area contributed by atoms with Gasteiger partial charge in [-0.15, -0.1) is 6.58 Å². The second-order valence-electron chi connectivity index (χ2n) is 7.51. The molecular weight excluding hydrogens is 406 g/mol. The number of benzene rings is 1. The Kier molecular flexibility index (Phi) is 8.92. The van der Waals surface area contributed by atoms with Crippen LogP contribution in [0.2, 0.25) is 0 Å². The lowest BCUT2D eigenvalue weighted by molar-refractivity contribution is -0.385. The minimum Gasteiger partial charge on any atom is -0.453 e. The largest absolute Gasteiger partial charge is 0.453 e. The summed E-state index contributed by atoms with van der Waals surface area (Å²) < 4.78 is 9.74. The monoisotopic (exact) mass is 433 g/mol. The molecule has 1 atom stereocenters. The van der Waals surface area contributed by atoms with Crippen LogP contribution in [0, 0.1) is 10.1 Å². The summed E-state index contributed by atoms with van der Waals surface area (Å²) in [7, 11) is 2.60. The van der Waals surface area contributed by atoms with Crippen molar-refractivity contribution in [1.29, 1.82) is 0 Å². The Morgan fingerprint density at radius 1 is 1.32 bits per heavy atom. The normalized spacial score (nSPS) is 12.0. The van der Waals surface area contributed by atoms with Crippen LogP contribution in [-0.4, -0.2) is 53.6 Å². The summed E-state index contributed by atoms with van der Waals surface area (Å²) in [5.41, 5.74) is -0.746. The number of hydrogen-bond donors (Lipinski definition) is 1. The number of methoxy groups -OCH3 is 1. The molecule has 10 heteroatoms. The first kappa shape index (κ1) is 25.3. The van der Waals surface area contributed by atoms with Gasteiger partial charge in [0.2, 0.25) is 0 Å². The third-order valence-corrected chi connectivity index (χ3v) is 3.95. The summed E-state index contributed by atoms with van der Waals surface area (Å²) in [5, 5.41) is 13.7. The lowest BCUT2D eigenvalue weighted by Gasteiger charge is -2.29. The van der Waals surface area contributed by atoms with Crippen molar-refractivity contribution in [2.75, 3.05) is 19.5 Å². The molecule has 0 saturated heterocycles. The summed E-state index contributed by atoms with van der Waals surface area (Å²) in [6, 6.07) is 3.08. The first-order valence-corrected chi connectivity index (χ1v) is 9.31. The zero-order valence-electron chi connectivity index (χ0n) is 18.2. The Hall–Kier alpha value is -3.69. The minimum atomic E-state index is -0.886. The van der Waals surface area contributed by atoms with E-state index in [1.54, 1.807) is 20.8 Å². The fraction of sp³-hybridized carbons (Fsp3) is 0.381. The molecule has 0 aliphatic rings. The Labute approximate surface area is 180 Å². The van der Waals surface area contributed by atoms with Crippen molar-refractivity contribution in [3.63, 3.8) is 0 Å². The highest BCUT2D eigenvalue weighted by molar-refractivity contribution is 5.99. The summed E-state index contributed by atoms with van der Waals surface area (Å²) in [6.45, 7) is 8.73. The maximum Gasteiger partial charge on any atom is 0.411 e. The number of ketones is 1. The van der Waals surface area contributed by atoms with Gasteiger partial charge in [-0.05, 0) is 51.5 Å². The average Bonchev–Trinajstić information content (AvgIpc) is 2.68. The molecule has 0 fully saturated rings. The van der Waals surface area contributed by atoms with Crippen molar-refractivity contribution in [3.05, 3.63) is 52.6 Å². The van der Waals surface area contributed by atoms with Crippen LogP contribution in [0.1, 0.15) is 32.8 Å². The van der Waals surface area contributed by atoms with Crippen molar-refractivity contribution in [3.8, 4) is 0 Å². The number of nitro benzene ring substituents is 1. The molecule has 1 N–H and O–H groups in total. The van der Waals surface area contributed by atoms with Crippen molar-refractivity contribution in [1.82, 2.24) is 4.90 Å². The number of nitrogens with zero attached hydrogens (tertiary/aromatic N) is 2. The maximum atomic E-state index is 12.7. The van der Waals surface area contributed by atoms with E-state index in [1.807, 2.05) is 0 Å². The summed E-state index contributed by atoms with van der Waals surface area (Å²) in [4.78, 5) is 48.2. The summed E-state index contributed by atoms with van der Waals surface area (Å²) in [6.07, 6.45) is 2.65. The van der Waals surface area contributed by atoms with E-state index < -0.39 is 34.5 Å². The molecule has 1 aromatic rings. The second kappa shape index (κ2) is 10.9. The molecule has 1 aromatic carbocycles. The van der Waals surface area contributed by atoms with E-state index in [0.29, 0.717) is 0 Å². The number of amides is 2. The lowest BCUT2D eigenvalue weighted by Crippen LogP contribution is -2.44. The third-order valence-electron chi connectivity index (χ3n) is 3.95. The highest BCUT2D eigenvalue weighted by Crippen LogP contribution is 2.25. The number of rotatable bonds is 8. The van der Waals surface area contributed by atoms with E-state index >= 15 is 0 Å². The molecule has 0 heterocycles. The molecule has 0 aromatic heterocycles. The zero-order valence-corrected chi connectivity index (χ0v) is 18.2. The van der Waals surface area contributed by atoms with E-state index in [4.69, 9.17) is 4.74 Å². The van der Waals surface area contributed by atoms with Crippen molar-refractivity contribution in [2.45, 2.75) is 38.8 Å². The van der Waals surface area contributed by atoms with E-state index in [1.165, 1.54) is 38.4 Å². The van der Waals surface area contributed by atoms with E-state index in [-0.39, 0.29) is 23.4 Å². The van der Waals surface area contributed by atoms with Gasteiger partial charge >= 0.3 is 12.2 Å². The summed E-state index contributed by atoms with van der Waals surface area (Å²) in [5.74, 6) is -0.459. The van der Waals surface area contributed by atoms with Crippen LogP contribution < -0.4 is 5.32 Å².